The van der Waals surface area contributed by atoms with Crippen LogP contribution < -0.4 is 0 Å². The highest BCUT2D eigenvalue weighted by atomic mass is 16.5. The van der Waals surface area contributed by atoms with Gasteiger partial charge >= 0.3 is 17.9 Å². The molecule has 6 nitrogen and oxygen atoms in total. The summed E-state index contributed by atoms with van der Waals surface area (Å²) in [6.07, 6.45) is 12.3. The van der Waals surface area contributed by atoms with Crippen LogP contribution in [0.5, 0.6) is 0 Å². The number of rotatable bonds is 21. The zero-order valence-corrected chi connectivity index (χ0v) is 25.5. The standard InChI is InChI=1S/C33H54O6/c1-7-13-16-25(10-4)22-37-31(34)28-19-20-29(32(35)38-23-26(11-5)17-14-8-2)30(21-28)33(36)39-24-27(12-6)18-15-9-3/h19-21,25-27H,7-18,22-24H2,1-6H3/t25-,26-,27-/m0/s1. The summed E-state index contributed by atoms with van der Waals surface area (Å²) in [5.74, 6) is -0.837. The Bertz CT molecular complexity index is 849. The van der Waals surface area contributed by atoms with Crippen LogP contribution in [0.4, 0.5) is 0 Å². The fourth-order valence-corrected chi connectivity index (χ4v) is 4.53. The van der Waals surface area contributed by atoms with Gasteiger partial charge < -0.3 is 14.2 Å². The van der Waals surface area contributed by atoms with Crippen molar-refractivity contribution in [2.75, 3.05) is 19.8 Å². The minimum Gasteiger partial charge on any atom is -0.462 e. The lowest BCUT2D eigenvalue weighted by molar-refractivity contribution is 0.0379. The van der Waals surface area contributed by atoms with Gasteiger partial charge in [0.2, 0.25) is 0 Å². The summed E-state index contributed by atoms with van der Waals surface area (Å²) in [4.78, 5) is 39.2. The Hall–Kier alpha value is -2.37. The molecule has 0 aliphatic heterocycles. The molecule has 0 saturated carbocycles. The summed E-state index contributed by atoms with van der Waals surface area (Å²) in [5.41, 5.74) is 0.411. The number of carbonyl (C=O) groups is 3. The smallest absolute Gasteiger partial charge is 0.339 e. The van der Waals surface area contributed by atoms with E-state index in [1.54, 1.807) is 0 Å². The molecule has 0 heterocycles. The van der Waals surface area contributed by atoms with Crippen LogP contribution in [0.15, 0.2) is 18.2 Å². The molecule has 0 radical (unpaired) electrons. The molecule has 3 atom stereocenters. The van der Waals surface area contributed by atoms with Crippen LogP contribution in [0.25, 0.3) is 0 Å². The molecule has 1 rings (SSSR count). The minimum absolute atomic E-state index is 0.0550. The topological polar surface area (TPSA) is 78.9 Å². The second-order valence-corrected chi connectivity index (χ2v) is 10.8. The lowest BCUT2D eigenvalue weighted by atomic mass is 10.00. The molecule has 0 unspecified atom stereocenters. The van der Waals surface area contributed by atoms with Gasteiger partial charge in [-0.15, -0.1) is 0 Å². The minimum atomic E-state index is -0.612. The van der Waals surface area contributed by atoms with Crippen LogP contribution in [0.3, 0.4) is 0 Å². The molecule has 0 N–H and O–H groups in total. The fourth-order valence-electron chi connectivity index (χ4n) is 4.53. The average molecular weight is 547 g/mol. The Balaban J connectivity index is 3.10. The van der Waals surface area contributed by atoms with Gasteiger partial charge in [-0.1, -0.05) is 99.3 Å². The van der Waals surface area contributed by atoms with E-state index in [4.69, 9.17) is 14.2 Å². The number of ether oxygens (including phenoxy) is 3. The van der Waals surface area contributed by atoms with Crippen molar-refractivity contribution in [1.29, 1.82) is 0 Å². The van der Waals surface area contributed by atoms with Crippen molar-refractivity contribution in [1.82, 2.24) is 0 Å². The summed E-state index contributed by atoms with van der Waals surface area (Å²) in [6, 6.07) is 4.45. The lowest BCUT2D eigenvalue weighted by Gasteiger charge is -2.18. The first kappa shape index (κ1) is 34.7. The summed E-state index contributed by atoms with van der Waals surface area (Å²) in [6.45, 7) is 13.6. The number of benzene rings is 1. The van der Waals surface area contributed by atoms with Crippen LogP contribution in [0.1, 0.15) is 150 Å². The highest BCUT2D eigenvalue weighted by Crippen LogP contribution is 2.21. The first-order chi connectivity index (χ1) is 18.8. The predicted octanol–water partition coefficient (Wildman–Crippen LogP) is 8.81. The van der Waals surface area contributed by atoms with E-state index in [0.717, 1.165) is 77.0 Å². The maximum absolute atomic E-state index is 13.2. The van der Waals surface area contributed by atoms with E-state index in [-0.39, 0.29) is 35.1 Å². The second kappa shape index (κ2) is 20.5. The predicted molar refractivity (Wildman–Crippen MR) is 157 cm³/mol. The first-order valence-corrected chi connectivity index (χ1v) is 15.5. The summed E-state index contributed by atoms with van der Waals surface area (Å²) < 4.78 is 16.9. The van der Waals surface area contributed by atoms with E-state index < -0.39 is 17.9 Å². The van der Waals surface area contributed by atoms with E-state index in [9.17, 15) is 14.4 Å². The third kappa shape index (κ3) is 13.0. The molecule has 0 amide bonds. The van der Waals surface area contributed by atoms with Crippen molar-refractivity contribution < 1.29 is 28.6 Å². The number of esters is 3. The number of hydrogen-bond acceptors (Lipinski definition) is 6. The van der Waals surface area contributed by atoms with E-state index in [2.05, 4.69) is 41.5 Å². The Morgan fingerprint density at radius 1 is 0.564 bits per heavy atom. The van der Waals surface area contributed by atoms with Crippen molar-refractivity contribution in [3.8, 4) is 0 Å². The largest absolute Gasteiger partial charge is 0.462 e. The van der Waals surface area contributed by atoms with Gasteiger partial charge in [-0.05, 0) is 55.2 Å². The van der Waals surface area contributed by atoms with Crippen LogP contribution in [0.2, 0.25) is 0 Å². The quantitative estimate of drug-likeness (QED) is 0.113. The molecule has 1 aromatic rings. The van der Waals surface area contributed by atoms with Crippen molar-refractivity contribution in [2.45, 2.75) is 119 Å². The summed E-state index contributed by atoms with van der Waals surface area (Å²) >= 11 is 0. The third-order valence-electron chi connectivity index (χ3n) is 7.68. The van der Waals surface area contributed by atoms with Crippen LogP contribution in [-0.4, -0.2) is 37.7 Å². The van der Waals surface area contributed by atoms with Gasteiger partial charge in [-0.25, -0.2) is 14.4 Å². The molecule has 0 fully saturated rings. The third-order valence-corrected chi connectivity index (χ3v) is 7.68. The van der Waals surface area contributed by atoms with Gasteiger partial charge in [0.25, 0.3) is 0 Å². The molecule has 222 valence electrons. The Kier molecular flexibility index (Phi) is 18.2. The van der Waals surface area contributed by atoms with Crippen molar-refractivity contribution in [3.63, 3.8) is 0 Å². The highest BCUT2D eigenvalue weighted by Gasteiger charge is 2.24. The van der Waals surface area contributed by atoms with Gasteiger partial charge in [0, 0.05) is 0 Å². The zero-order valence-electron chi connectivity index (χ0n) is 25.5. The Morgan fingerprint density at radius 2 is 0.949 bits per heavy atom. The van der Waals surface area contributed by atoms with Crippen molar-refractivity contribution in [3.05, 3.63) is 34.9 Å². The van der Waals surface area contributed by atoms with Gasteiger partial charge in [-0.2, -0.15) is 0 Å². The van der Waals surface area contributed by atoms with Gasteiger partial charge in [-0.3, -0.25) is 0 Å². The maximum Gasteiger partial charge on any atom is 0.339 e. The summed E-state index contributed by atoms with van der Waals surface area (Å²) in [7, 11) is 0. The number of carbonyl (C=O) groups excluding carboxylic acids is 3. The fraction of sp³-hybridized carbons (Fsp3) is 0.727. The van der Waals surface area contributed by atoms with Gasteiger partial charge in [0.1, 0.15) is 0 Å². The molecule has 6 heteroatoms. The summed E-state index contributed by atoms with van der Waals surface area (Å²) in [5, 5.41) is 0. The molecular formula is C33H54O6. The van der Waals surface area contributed by atoms with E-state index in [1.807, 2.05) is 0 Å². The monoisotopic (exact) mass is 546 g/mol. The highest BCUT2D eigenvalue weighted by molar-refractivity contribution is 6.05. The van der Waals surface area contributed by atoms with E-state index in [1.165, 1.54) is 18.2 Å². The normalized spacial score (nSPS) is 13.4. The number of hydrogen-bond donors (Lipinski definition) is 0. The first-order valence-electron chi connectivity index (χ1n) is 15.5. The van der Waals surface area contributed by atoms with E-state index in [0.29, 0.717) is 19.1 Å². The molecule has 0 bridgehead atoms. The molecule has 1 aromatic carbocycles. The van der Waals surface area contributed by atoms with Crippen LogP contribution >= 0.6 is 0 Å². The molecule has 39 heavy (non-hydrogen) atoms. The zero-order chi connectivity index (χ0) is 29.0. The SMILES string of the molecule is CCCC[C@H](CC)COC(=O)c1ccc(C(=O)OC[C@@H](CC)CCCC)c(C(=O)OC[C@@H](CC)CCCC)c1. The van der Waals surface area contributed by atoms with Crippen molar-refractivity contribution in [2.24, 2.45) is 17.8 Å². The Morgan fingerprint density at radius 3 is 1.33 bits per heavy atom. The number of unbranched alkanes of at least 4 members (excludes halogenated alkanes) is 3. The van der Waals surface area contributed by atoms with Crippen LogP contribution in [0, 0.1) is 17.8 Å². The molecule has 0 aromatic heterocycles. The maximum atomic E-state index is 13.2. The molecule has 0 saturated heterocycles. The average Bonchev–Trinajstić information content (AvgIpc) is 2.96. The van der Waals surface area contributed by atoms with Crippen LogP contribution in [-0.2, 0) is 14.2 Å². The van der Waals surface area contributed by atoms with Gasteiger partial charge in [0.05, 0.1) is 36.5 Å². The molecule has 0 aliphatic carbocycles. The van der Waals surface area contributed by atoms with Gasteiger partial charge in [0.15, 0.2) is 0 Å². The lowest BCUT2D eigenvalue weighted by Crippen LogP contribution is -2.20. The van der Waals surface area contributed by atoms with Crippen molar-refractivity contribution >= 4 is 17.9 Å². The molecular weight excluding hydrogens is 492 g/mol. The second-order valence-electron chi connectivity index (χ2n) is 10.8. The molecule has 0 aliphatic rings. The van der Waals surface area contributed by atoms with E-state index >= 15 is 0 Å². The Labute approximate surface area is 237 Å². The molecule has 0 spiro atoms.